The van der Waals surface area contributed by atoms with Crippen molar-refractivity contribution in [2.75, 3.05) is 38.0 Å². The lowest BCUT2D eigenvalue weighted by molar-refractivity contribution is -0.170. The van der Waals surface area contributed by atoms with Gasteiger partial charge in [0.25, 0.3) is 11.8 Å². The lowest BCUT2D eigenvalue weighted by Gasteiger charge is -2.27. The number of pyridine rings is 1. The number of hydrogen-bond donors (Lipinski definition) is 2. The highest BCUT2D eigenvalue weighted by Crippen LogP contribution is 2.37. The fraction of sp³-hybridized carbons (Fsp3) is 0.367. The van der Waals surface area contributed by atoms with Gasteiger partial charge in [0.2, 0.25) is 0 Å². The van der Waals surface area contributed by atoms with Gasteiger partial charge in [-0.05, 0) is 53.9 Å². The Hall–Kier alpha value is -4.01. The van der Waals surface area contributed by atoms with E-state index in [-0.39, 0.29) is 34.6 Å². The van der Waals surface area contributed by atoms with Crippen LogP contribution in [0.1, 0.15) is 52.4 Å². The third-order valence-corrected chi connectivity index (χ3v) is 9.44. The molecule has 2 amide bonds. The molecule has 1 aromatic heterocycles. The van der Waals surface area contributed by atoms with E-state index in [1.807, 2.05) is 0 Å². The van der Waals surface area contributed by atoms with E-state index in [1.54, 1.807) is 11.0 Å². The van der Waals surface area contributed by atoms with Crippen molar-refractivity contribution in [2.24, 2.45) is 0 Å². The molecule has 0 spiro atoms. The maximum absolute atomic E-state index is 13.1. The van der Waals surface area contributed by atoms with Crippen LogP contribution >= 0.6 is 0 Å². The zero-order valence-corrected chi connectivity index (χ0v) is 25.1. The van der Waals surface area contributed by atoms with E-state index >= 15 is 0 Å². The summed E-state index contributed by atoms with van der Waals surface area (Å²) in [5.41, 5.74) is 0.566. The number of rotatable bonds is 10. The van der Waals surface area contributed by atoms with Crippen molar-refractivity contribution in [1.29, 1.82) is 0 Å². The Morgan fingerprint density at radius 1 is 1.11 bits per heavy atom. The summed E-state index contributed by atoms with van der Waals surface area (Å²) in [6.07, 6.45) is -2.83. The third-order valence-electron chi connectivity index (χ3n) is 7.69. The molecule has 2 aromatic carbocycles. The minimum Gasteiger partial charge on any atom is -0.394 e. The summed E-state index contributed by atoms with van der Waals surface area (Å²) < 4.78 is 63.4. The molecule has 1 saturated heterocycles. The van der Waals surface area contributed by atoms with Gasteiger partial charge in [-0.3, -0.25) is 14.4 Å². The zero-order chi connectivity index (χ0) is 32.2. The zero-order valence-electron chi connectivity index (χ0n) is 24.3. The number of hydroxylamine groups is 2. The van der Waals surface area contributed by atoms with E-state index in [1.165, 1.54) is 69.7 Å². The number of nitrogens with zero attached hydrogens (tertiary/aromatic N) is 3. The van der Waals surface area contributed by atoms with Crippen LogP contribution < -0.4 is 10.2 Å². The number of carbonyl (C=O) groups is 2. The van der Waals surface area contributed by atoms with Crippen LogP contribution in [0.3, 0.4) is 0 Å². The smallest absolute Gasteiger partial charge is 0.394 e. The number of aliphatic hydroxyl groups excluding tert-OH is 1. The van der Waals surface area contributed by atoms with Gasteiger partial charge in [0.1, 0.15) is 11.9 Å². The molecule has 44 heavy (non-hydrogen) atoms. The maximum atomic E-state index is 13.1. The van der Waals surface area contributed by atoms with Crippen molar-refractivity contribution in [3.63, 3.8) is 0 Å². The highest BCUT2D eigenvalue weighted by molar-refractivity contribution is 7.91. The Morgan fingerprint density at radius 3 is 2.30 bits per heavy atom. The Morgan fingerprint density at radius 2 is 1.77 bits per heavy atom. The van der Waals surface area contributed by atoms with Gasteiger partial charge in [-0.25, -0.2) is 18.5 Å². The van der Waals surface area contributed by atoms with E-state index in [9.17, 15) is 36.3 Å². The molecule has 3 atom stereocenters. The molecule has 2 N–H and O–H groups in total. The molecule has 1 aliphatic rings. The number of amides is 2. The van der Waals surface area contributed by atoms with Crippen molar-refractivity contribution < 1.29 is 41.1 Å². The van der Waals surface area contributed by atoms with E-state index in [4.69, 9.17) is 4.84 Å². The van der Waals surface area contributed by atoms with Gasteiger partial charge in [-0.2, -0.15) is 13.2 Å². The highest BCUT2D eigenvalue weighted by atomic mass is 32.2. The molecule has 14 heteroatoms. The molecular weight excluding hydrogens is 601 g/mol. The molecule has 1 aliphatic heterocycles. The topological polar surface area (TPSA) is 129 Å². The number of aliphatic hydroxyl groups is 1. The molecule has 3 aromatic rings. The second-order valence-corrected chi connectivity index (χ2v) is 12.6. The van der Waals surface area contributed by atoms with Gasteiger partial charge >= 0.3 is 6.18 Å². The summed E-state index contributed by atoms with van der Waals surface area (Å²) in [4.78, 5) is 37.5. The first kappa shape index (κ1) is 32.9. The molecule has 0 saturated carbocycles. The van der Waals surface area contributed by atoms with Crippen molar-refractivity contribution in [3.05, 3.63) is 89.1 Å². The SMILES string of the molecule is CCS(=O)(=O)c1ccc([C@H](CO)NC(=O)c2ccc(N3CC(c4ccc(C(F)(F)F)cc4)C[C@H]3C(=O)N(C)OC)nc2)cc1. The molecule has 1 unspecified atom stereocenters. The molecule has 236 valence electrons. The number of benzene rings is 2. The van der Waals surface area contributed by atoms with E-state index < -0.39 is 46.2 Å². The van der Waals surface area contributed by atoms with Gasteiger partial charge in [0, 0.05) is 25.7 Å². The Balaban J connectivity index is 1.51. The van der Waals surface area contributed by atoms with Crippen LogP contribution in [-0.4, -0.2) is 74.5 Å². The number of halogens is 3. The number of anilines is 1. The van der Waals surface area contributed by atoms with E-state index in [0.717, 1.165) is 17.2 Å². The van der Waals surface area contributed by atoms with Crippen molar-refractivity contribution in [2.45, 2.75) is 42.4 Å². The van der Waals surface area contributed by atoms with E-state index in [2.05, 4.69) is 10.3 Å². The summed E-state index contributed by atoms with van der Waals surface area (Å²) in [6, 6.07) is 12.3. The number of hydrogen-bond acceptors (Lipinski definition) is 8. The summed E-state index contributed by atoms with van der Waals surface area (Å²) in [6.45, 7) is 1.39. The summed E-state index contributed by atoms with van der Waals surface area (Å²) >= 11 is 0. The molecule has 2 heterocycles. The molecule has 1 fully saturated rings. The molecular formula is C30H33F3N4O6S. The average Bonchev–Trinajstić information content (AvgIpc) is 3.48. The molecule has 0 radical (unpaired) electrons. The van der Waals surface area contributed by atoms with Gasteiger partial charge < -0.3 is 15.3 Å². The minimum atomic E-state index is -4.46. The summed E-state index contributed by atoms with van der Waals surface area (Å²) in [7, 11) is -0.597. The van der Waals surface area contributed by atoms with Gasteiger partial charge in [-0.1, -0.05) is 31.2 Å². The lowest BCUT2D eigenvalue weighted by atomic mass is 9.95. The van der Waals surface area contributed by atoms with Crippen LogP contribution in [0.15, 0.2) is 71.8 Å². The maximum Gasteiger partial charge on any atom is 0.416 e. The molecule has 10 nitrogen and oxygen atoms in total. The van der Waals surface area contributed by atoms with Crippen LogP contribution in [0.2, 0.25) is 0 Å². The molecule has 0 bridgehead atoms. The summed E-state index contributed by atoms with van der Waals surface area (Å²) in [5.74, 6) is -0.852. The Labute approximate surface area is 253 Å². The third kappa shape index (κ3) is 7.20. The standard InChI is InChI=1S/C30H33F3N4O6S/c1-4-44(41,42)24-12-7-20(8-13-24)25(18-38)35-28(39)21-9-14-27(34-16-21)37-17-22(15-26(37)29(40)36(2)43-3)19-5-10-23(11-6-19)30(31,32)33/h5-14,16,22,25-26,38H,4,15,17-18H2,1-3H3,(H,35,39)/t22?,25-,26-/m0/s1. The average molecular weight is 635 g/mol. The Bertz CT molecular complexity index is 1570. The number of nitrogens with one attached hydrogen (secondary N) is 1. The monoisotopic (exact) mass is 634 g/mol. The molecule has 4 rings (SSSR count). The second kappa shape index (κ2) is 13.3. The first-order valence-electron chi connectivity index (χ1n) is 13.7. The predicted octanol–water partition coefficient (Wildman–Crippen LogP) is 3.74. The summed E-state index contributed by atoms with van der Waals surface area (Å²) in [5, 5.41) is 13.7. The number of carbonyl (C=O) groups excluding carboxylic acids is 2. The van der Waals surface area contributed by atoms with Gasteiger partial charge in [0.15, 0.2) is 9.84 Å². The fourth-order valence-electron chi connectivity index (χ4n) is 5.05. The normalized spacial score (nSPS) is 17.8. The highest BCUT2D eigenvalue weighted by Gasteiger charge is 2.40. The first-order chi connectivity index (χ1) is 20.8. The number of sulfone groups is 1. The lowest BCUT2D eigenvalue weighted by Crippen LogP contribution is -2.44. The van der Waals surface area contributed by atoms with Crippen molar-refractivity contribution >= 4 is 27.5 Å². The largest absolute Gasteiger partial charge is 0.416 e. The van der Waals surface area contributed by atoms with Gasteiger partial charge in [-0.15, -0.1) is 0 Å². The second-order valence-electron chi connectivity index (χ2n) is 10.3. The van der Waals surface area contributed by atoms with Crippen LogP contribution in [0.5, 0.6) is 0 Å². The van der Waals surface area contributed by atoms with Crippen molar-refractivity contribution in [3.8, 4) is 0 Å². The Kier molecular flexibility index (Phi) is 9.96. The number of aromatic nitrogens is 1. The quantitative estimate of drug-likeness (QED) is 0.323. The fourth-order valence-corrected chi connectivity index (χ4v) is 5.93. The van der Waals surface area contributed by atoms with Gasteiger partial charge in [0.05, 0.1) is 41.5 Å². The van der Waals surface area contributed by atoms with Crippen LogP contribution in [0.4, 0.5) is 19.0 Å². The predicted molar refractivity (Wildman–Crippen MR) is 155 cm³/mol. The molecule has 0 aliphatic carbocycles. The van der Waals surface area contributed by atoms with Crippen molar-refractivity contribution in [1.82, 2.24) is 15.4 Å². The minimum absolute atomic E-state index is 0.0549. The van der Waals surface area contributed by atoms with Crippen LogP contribution in [-0.2, 0) is 25.6 Å². The number of likely N-dealkylation sites (N-methyl/N-ethyl adjacent to an activating group) is 1. The van der Waals surface area contributed by atoms with Crippen LogP contribution in [0, 0.1) is 0 Å². The first-order valence-corrected chi connectivity index (χ1v) is 15.4. The van der Waals surface area contributed by atoms with E-state index in [0.29, 0.717) is 23.4 Å². The van der Waals surface area contributed by atoms with Crippen LogP contribution in [0.25, 0.3) is 0 Å². The number of alkyl halides is 3.